The minimum atomic E-state index is -0.908. The number of halogens is 2. The van der Waals surface area contributed by atoms with Gasteiger partial charge in [-0.25, -0.2) is 8.78 Å². The Balaban J connectivity index is 1.98. The van der Waals surface area contributed by atoms with Crippen LogP contribution in [0.1, 0.15) is 22.2 Å². The number of carbonyl (C=O) groups excluding carboxylic acids is 1. The third kappa shape index (κ3) is 3.70. The molecule has 19 heavy (non-hydrogen) atoms. The van der Waals surface area contributed by atoms with E-state index in [0.717, 1.165) is 23.4 Å². The second-order valence-electron chi connectivity index (χ2n) is 4.36. The van der Waals surface area contributed by atoms with E-state index in [-0.39, 0.29) is 12.2 Å². The molecule has 2 rings (SSSR count). The highest BCUT2D eigenvalue weighted by Crippen LogP contribution is 2.18. The van der Waals surface area contributed by atoms with Crippen molar-refractivity contribution in [2.24, 2.45) is 0 Å². The maximum Gasteiger partial charge on any atom is 0.159 e. The molecule has 2 aromatic rings. The average molecular weight is 280 g/mol. The smallest absolute Gasteiger partial charge is 0.159 e. The number of benzene rings is 1. The molecule has 1 nitrogen and oxygen atoms in total. The van der Waals surface area contributed by atoms with Gasteiger partial charge in [0.15, 0.2) is 11.6 Å². The third-order valence-electron chi connectivity index (χ3n) is 2.82. The quantitative estimate of drug-likeness (QED) is 0.810. The summed E-state index contributed by atoms with van der Waals surface area (Å²) >= 11 is 1.62. The number of Topliss-reactive ketones (excluding diaryl/α,β-unsaturated/α-hetero) is 1. The first-order valence-electron chi connectivity index (χ1n) is 6.11. The molecule has 0 saturated carbocycles. The van der Waals surface area contributed by atoms with E-state index in [1.165, 1.54) is 10.9 Å². The zero-order valence-corrected chi connectivity index (χ0v) is 11.4. The molecule has 0 amide bonds. The van der Waals surface area contributed by atoms with Gasteiger partial charge >= 0.3 is 0 Å². The van der Waals surface area contributed by atoms with Gasteiger partial charge in [-0.1, -0.05) is 13.0 Å². The number of thiophene rings is 1. The van der Waals surface area contributed by atoms with E-state index in [1.807, 2.05) is 12.1 Å². The molecule has 0 aliphatic rings. The molecule has 0 saturated heterocycles. The van der Waals surface area contributed by atoms with Crippen molar-refractivity contribution >= 4 is 17.1 Å². The Morgan fingerprint density at radius 3 is 2.42 bits per heavy atom. The highest BCUT2D eigenvalue weighted by Gasteiger charge is 2.09. The van der Waals surface area contributed by atoms with Gasteiger partial charge < -0.3 is 0 Å². The lowest BCUT2D eigenvalue weighted by Crippen LogP contribution is -2.06. The summed E-state index contributed by atoms with van der Waals surface area (Å²) in [7, 11) is 0. The lowest BCUT2D eigenvalue weighted by atomic mass is 10.1. The van der Waals surface area contributed by atoms with Crippen LogP contribution in [0, 0.1) is 11.6 Å². The summed E-state index contributed by atoms with van der Waals surface area (Å²) < 4.78 is 25.8. The molecule has 0 N–H and O–H groups in total. The molecule has 1 aromatic carbocycles. The molecular weight excluding hydrogens is 266 g/mol. The van der Waals surface area contributed by atoms with Crippen LogP contribution in [-0.4, -0.2) is 5.78 Å². The van der Waals surface area contributed by atoms with Gasteiger partial charge in [-0.3, -0.25) is 4.79 Å². The first-order valence-corrected chi connectivity index (χ1v) is 6.93. The summed E-state index contributed by atoms with van der Waals surface area (Å²) in [4.78, 5) is 14.1. The van der Waals surface area contributed by atoms with E-state index < -0.39 is 11.6 Å². The van der Waals surface area contributed by atoms with Gasteiger partial charge in [0.1, 0.15) is 5.78 Å². The third-order valence-corrected chi connectivity index (χ3v) is 4.05. The van der Waals surface area contributed by atoms with E-state index in [2.05, 4.69) is 6.92 Å². The molecule has 0 bridgehead atoms. The SMILES string of the molecule is CCc1ccc(CC(=O)Cc2ccc(F)c(F)c2)s1. The first kappa shape index (κ1) is 13.9. The van der Waals surface area contributed by atoms with Gasteiger partial charge in [-0.2, -0.15) is 0 Å². The predicted octanol–water partition coefficient (Wildman–Crippen LogP) is 3.94. The van der Waals surface area contributed by atoms with Crippen LogP contribution in [0.15, 0.2) is 30.3 Å². The van der Waals surface area contributed by atoms with Crippen LogP contribution in [0.5, 0.6) is 0 Å². The number of ketones is 1. The molecule has 1 aromatic heterocycles. The van der Waals surface area contributed by atoms with Crippen LogP contribution in [0.3, 0.4) is 0 Å². The van der Waals surface area contributed by atoms with Crippen molar-refractivity contribution in [1.29, 1.82) is 0 Å². The minimum absolute atomic E-state index is 0.00973. The van der Waals surface area contributed by atoms with E-state index in [4.69, 9.17) is 0 Å². The number of carbonyl (C=O) groups is 1. The Kier molecular flexibility index (Phi) is 4.43. The van der Waals surface area contributed by atoms with Crippen molar-refractivity contribution in [1.82, 2.24) is 0 Å². The molecule has 0 fully saturated rings. The van der Waals surface area contributed by atoms with Crippen LogP contribution >= 0.6 is 11.3 Å². The molecule has 0 aliphatic carbocycles. The van der Waals surface area contributed by atoms with E-state index >= 15 is 0 Å². The van der Waals surface area contributed by atoms with E-state index in [1.54, 1.807) is 11.3 Å². The van der Waals surface area contributed by atoms with Crippen molar-refractivity contribution in [3.8, 4) is 0 Å². The number of aryl methyl sites for hydroxylation is 1. The Morgan fingerprint density at radius 1 is 1.05 bits per heavy atom. The maximum absolute atomic E-state index is 13.0. The van der Waals surface area contributed by atoms with Crippen LogP contribution in [0.25, 0.3) is 0 Å². The van der Waals surface area contributed by atoms with Gasteiger partial charge in [-0.05, 0) is 36.2 Å². The topological polar surface area (TPSA) is 17.1 Å². The number of hydrogen-bond acceptors (Lipinski definition) is 2. The Morgan fingerprint density at radius 2 is 1.79 bits per heavy atom. The lowest BCUT2D eigenvalue weighted by Gasteiger charge is -2.01. The lowest BCUT2D eigenvalue weighted by molar-refractivity contribution is -0.117. The zero-order valence-electron chi connectivity index (χ0n) is 10.6. The summed E-state index contributed by atoms with van der Waals surface area (Å²) in [6.45, 7) is 2.07. The maximum atomic E-state index is 13.0. The fourth-order valence-electron chi connectivity index (χ4n) is 1.84. The van der Waals surface area contributed by atoms with Gasteiger partial charge in [0, 0.05) is 22.6 Å². The standard InChI is InChI=1S/C15H14F2OS/c1-2-12-4-5-13(19-12)9-11(18)7-10-3-6-14(16)15(17)8-10/h3-6,8H,2,7,9H2,1H3. The molecule has 0 radical (unpaired) electrons. The molecule has 0 aliphatic heterocycles. The Labute approximate surface area is 114 Å². The number of hydrogen-bond donors (Lipinski definition) is 0. The molecule has 1 heterocycles. The summed E-state index contributed by atoms with van der Waals surface area (Å²) in [6, 6.07) is 7.55. The monoisotopic (exact) mass is 280 g/mol. The molecule has 100 valence electrons. The summed E-state index contributed by atoms with van der Waals surface area (Å²) in [5, 5.41) is 0. The van der Waals surface area contributed by atoms with Crippen molar-refractivity contribution in [3.63, 3.8) is 0 Å². The largest absolute Gasteiger partial charge is 0.299 e. The number of rotatable bonds is 5. The minimum Gasteiger partial charge on any atom is -0.299 e. The van der Waals surface area contributed by atoms with Crippen molar-refractivity contribution in [2.75, 3.05) is 0 Å². The Hall–Kier alpha value is -1.55. The van der Waals surface area contributed by atoms with Crippen molar-refractivity contribution < 1.29 is 13.6 Å². The molecular formula is C15H14F2OS. The first-order chi connectivity index (χ1) is 9.08. The van der Waals surface area contributed by atoms with Crippen LogP contribution in [-0.2, 0) is 24.1 Å². The zero-order chi connectivity index (χ0) is 13.8. The summed E-state index contributed by atoms with van der Waals surface area (Å²) in [5.41, 5.74) is 0.510. The predicted molar refractivity (Wildman–Crippen MR) is 72.5 cm³/mol. The van der Waals surface area contributed by atoms with Gasteiger partial charge in [-0.15, -0.1) is 11.3 Å². The van der Waals surface area contributed by atoms with Crippen LogP contribution < -0.4 is 0 Å². The normalized spacial score (nSPS) is 10.7. The van der Waals surface area contributed by atoms with Gasteiger partial charge in [0.2, 0.25) is 0 Å². The highest BCUT2D eigenvalue weighted by atomic mass is 32.1. The van der Waals surface area contributed by atoms with Gasteiger partial charge in [0.25, 0.3) is 0 Å². The second-order valence-corrected chi connectivity index (χ2v) is 5.62. The molecule has 0 unspecified atom stereocenters. The summed E-state index contributed by atoms with van der Waals surface area (Å²) in [5.74, 6) is -1.78. The average Bonchev–Trinajstić information content (AvgIpc) is 2.81. The van der Waals surface area contributed by atoms with Crippen LogP contribution in [0.2, 0.25) is 0 Å². The van der Waals surface area contributed by atoms with Gasteiger partial charge in [0.05, 0.1) is 0 Å². The van der Waals surface area contributed by atoms with E-state index in [9.17, 15) is 13.6 Å². The second kappa shape index (κ2) is 6.06. The fourth-order valence-corrected chi connectivity index (χ4v) is 2.83. The molecule has 0 spiro atoms. The fraction of sp³-hybridized carbons (Fsp3) is 0.267. The van der Waals surface area contributed by atoms with Crippen molar-refractivity contribution in [3.05, 3.63) is 57.3 Å². The molecule has 4 heteroatoms. The Bertz CT molecular complexity index is 590. The summed E-state index contributed by atoms with van der Waals surface area (Å²) in [6.07, 6.45) is 1.45. The van der Waals surface area contributed by atoms with Crippen molar-refractivity contribution in [2.45, 2.75) is 26.2 Å². The highest BCUT2D eigenvalue weighted by molar-refractivity contribution is 7.12. The molecule has 0 atom stereocenters. The van der Waals surface area contributed by atoms with E-state index in [0.29, 0.717) is 12.0 Å². The van der Waals surface area contributed by atoms with Crippen LogP contribution in [0.4, 0.5) is 8.78 Å².